The van der Waals surface area contributed by atoms with Crippen molar-refractivity contribution in [2.24, 2.45) is 5.10 Å². The van der Waals surface area contributed by atoms with Crippen LogP contribution >= 0.6 is 15.9 Å². The molecule has 5 nitrogen and oxygen atoms in total. The van der Waals surface area contributed by atoms with Gasteiger partial charge in [-0.1, -0.05) is 36.4 Å². The van der Waals surface area contributed by atoms with Crippen LogP contribution in [0.15, 0.2) is 58.1 Å². The number of carbonyl (C=O) groups is 1. The Labute approximate surface area is 178 Å². The predicted octanol–water partition coefficient (Wildman–Crippen LogP) is 5.47. The van der Waals surface area contributed by atoms with Crippen molar-refractivity contribution in [1.82, 2.24) is 5.43 Å². The average Bonchev–Trinajstić information content (AvgIpc) is 2.69. The van der Waals surface area contributed by atoms with Gasteiger partial charge in [0.1, 0.15) is 0 Å². The summed E-state index contributed by atoms with van der Waals surface area (Å²) >= 11 is 3.51. The van der Waals surface area contributed by atoms with Gasteiger partial charge in [-0.05, 0) is 70.7 Å². The predicted molar refractivity (Wildman–Crippen MR) is 120 cm³/mol. The molecule has 150 valence electrons. The number of nitrogens with one attached hydrogen (secondary N) is 1. The van der Waals surface area contributed by atoms with Crippen LogP contribution in [0.1, 0.15) is 35.3 Å². The van der Waals surface area contributed by atoms with E-state index in [9.17, 15) is 4.79 Å². The molecule has 1 N–H and O–H groups in total. The summed E-state index contributed by atoms with van der Waals surface area (Å²) in [6.45, 7) is 5.82. The maximum atomic E-state index is 12.8. The number of amides is 1. The number of nitrogens with zero attached hydrogens (tertiary/aromatic N) is 1. The molecule has 0 aliphatic rings. The summed E-state index contributed by atoms with van der Waals surface area (Å²) in [6, 6.07) is 15.4. The number of ether oxygens (including phenoxy) is 2. The molecule has 0 saturated carbocycles. The smallest absolute Gasteiger partial charge is 0.272 e. The van der Waals surface area contributed by atoms with Gasteiger partial charge in [-0.2, -0.15) is 5.10 Å². The van der Waals surface area contributed by atoms with Gasteiger partial charge < -0.3 is 9.47 Å². The number of benzene rings is 3. The van der Waals surface area contributed by atoms with Crippen molar-refractivity contribution in [3.05, 3.63) is 69.7 Å². The van der Waals surface area contributed by atoms with Crippen molar-refractivity contribution in [3.63, 3.8) is 0 Å². The zero-order valence-corrected chi connectivity index (χ0v) is 18.4. The van der Waals surface area contributed by atoms with E-state index in [0.717, 1.165) is 26.4 Å². The molecule has 6 heteroatoms. The molecule has 0 aromatic heterocycles. The van der Waals surface area contributed by atoms with E-state index >= 15 is 0 Å². The third kappa shape index (κ3) is 4.77. The van der Waals surface area contributed by atoms with Crippen LogP contribution in [0.25, 0.3) is 10.8 Å². The number of carbonyl (C=O) groups excluding carboxylic acids is 1. The molecule has 0 heterocycles. The largest absolute Gasteiger partial charge is 0.493 e. The van der Waals surface area contributed by atoms with Crippen LogP contribution < -0.4 is 14.9 Å². The summed E-state index contributed by atoms with van der Waals surface area (Å²) in [6.07, 6.45) is 1.59. The number of methoxy groups -OCH3 is 1. The van der Waals surface area contributed by atoms with Gasteiger partial charge in [0, 0.05) is 0 Å². The van der Waals surface area contributed by atoms with E-state index in [2.05, 4.69) is 26.5 Å². The zero-order chi connectivity index (χ0) is 21.0. The van der Waals surface area contributed by atoms with Gasteiger partial charge in [-0.3, -0.25) is 4.79 Å². The lowest BCUT2D eigenvalue weighted by molar-refractivity contribution is 0.0956. The summed E-state index contributed by atoms with van der Waals surface area (Å²) in [5.41, 5.74) is 4.91. The Morgan fingerprint density at radius 1 is 1.17 bits per heavy atom. The number of hydrogen-bond acceptors (Lipinski definition) is 4. The fraction of sp³-hybridized carbons (Fsp3) is 0.217. The Hall–Kier alpha value is -2.86. The lowest BCUT2D eigenvalue weighted by Crippen LogP contribution is -2.19. The maximum absolute atomic E-state index is 12.8. The normalized spacial score (nSPS) is 11.2. The maximum Gasteiger partial charge on any atom is 0.272 e. The minimum Gasteiger partial charge on any atom is -0.493 e. The van der Waals surface area contributed by atoms with Gasteiger partial charge in [0.25, 0.3) is 5.91 Å². The van der Waals surface area contributed by atoms with E-state index in [-0.39, 0.29) is 12.0 Å². The number of rotatable bonds is 6. The summed E-state index contributed by atoms with van der Waals surface area (Å²) < 4.78 is 12.0. The van der Waals surface area contributed by atoms with Crippen molar-refractivity contribution in [3.8, 4) is 11.5 Å². The standard InChI is InChI=1S/C23H23BrN2O3/c1-14(2)29-22-19(24)11-16(12-20(22)28-4)13-25-26-23(27)21-15(3)9-10-17-7-5-6-8-18(17)21/h5-14H,1-4H3,(H,26,27)/b25-13-. The molecule has 0 saturated heterocycles. The highest BCUT2D eigenvalue weighted by Crippen LogP contribution is 2.37. The third-order valence-electron chi connectivity index (χ3n) is 4.35. The van der Waals surface area contributed by atoms with Crippen molar-refractivity contribution in [2.45, 2.75) is 26.9 Å². The SMILES string of the molecule is COc1cc(/C=N\NC(=O)c2c(C)ccc3ccccc23)cc(Br)c1OC(C)C. The lowest BCUT2D eigenvalue weighted by Gasteiger charge is -2.15. The number of hydrazone groups is 1. The van der Waals surface area contributed by atoms with Crippen LogP contribution in [0.2, 0.25) is 0 Å². The van der Waals surface area contributed by atoms with Crippen molar-refractivity contribution in [2.75, 3.05) is 7.11 Å². The third-order valence-corrected chi connectivity index (χ3v) is 4.94. The van der Waals surface area contributed by atoms with Crippen LogP contribution in [-0.2, 0) is 0 Å². The highest BCUT2D eigenvalue weighted by atomic mass is 79.9. The molecule has 1 amide bonds. The van der Waals surface area contributed by atoms with Gasteiger partial charge >= 0.3 is 0 Å². The Kier molecular flexibility index (Phi) is 6.54. The van der Waals surface area contributed by atoms with Crippen LogP contribution in [0, 0.1) is 6.92 Å². The highest BCUT2D eigenvalue weighted by Gasteiger charge is 2.14. The molecule has 3 aromatic carbocycles. The van der Waals surface area contributed by atoms with Gasteiger partial charge in [-0.25, -0.2) is 5.43 Å². The number of halogens is 1. The molecule has 0 fully saturated rings. The molecular weight excluding hydrogens is 432 g/mol. The van der Waals surface area contributed by atoms with E-state index in [0.29, 0.717) is 17.1 Å². The molecule has 0 spiro atoms. The first-order chi connectivity index (χ1) is 13.9. The molecule has 0 aliphatic carbocycles. The highest BCUT2D eigenvalue weighted by molar-refractivity contribution is 9.10. The Morgan fingerprint density at radius 2 is 1.93 bits per heavy atom. The fourth-order valence-corrected chi connectivity index (χ4v) is 3.62. The van der Waals surface area contributed by atoms with Gasteiger partial charge in [0.15, 0.2) is 11.5 Å². The Balaban J connectivity index is 1.83. The van der Waals surface area contributed by atoms with Gasteiger partial charge in [0.2, 0.25) is 0 Å². The van der Waals surface area contributed by atoms with Crippen molar-refractivity contribution in [1.29, 1.82) is 0 Å². The van der Waals surface area contributed by atoms with Crippen molar-refractivity contribution >= 4 is 38.8 Å². The second-order valence-corrected chi connectivity index (χ2v) is 7.73. The molecule has 3 aromatic rings. The summed E-state index contributed by atoms with van der Waals surface area (Å²) in [7, 11) is 1.58. The van der Waals surface area contributed by atoms with Crippen LogP contribution in [0.3, 0.4) is 0 Å². The number of aryl methyl sites for hydroxylation is 1. The molecule has 29 heavy (non-hydrogen) atoms. The first-order valence-corrected chi connectivity index (χ1v) is 10.1. The average molecular weight is 455 g/mol. The molecule has 3 rings (SSSR count). The summed E-state index contributed by atoms with van der Waals surface area (Å²) in [5, 5.41) is 6.05. The minimum absolute atomic E-state index is 0.0166. The van der Waals surface area contributed by atoms with Gasteiger partial charge in [0.05, 0.1) is 29.5 Å². The van der Waals surface area contributed by atoms with Crippen LogP contribution in [0.5, 0.6) is 11.5 Å². The Bertz CT molecular complexity index is 1080. The minimum atomic E-state index is -0.249. The monoisotopic (exact) mass is 454 g/mol. The number of hydrogen-bond donors (Lipinski definition) is 1. The molecule has 0 aliphatic heterocycles. The second kappa shape index (κ2) is 9.09. The van der Waals surface area contributed by atoms with Crippen LogP contribution in [0.4, 0.5) is 0 Å². The molecule has 0 radical (unpaired) electrons. The quantitative estimate of drug-likeness (QED) is 0.396. The van der Waals surface area contributed by atoms with Crippen molar-refractivity contribution < 1.29 is 14.3 Å². The first kappa shape index (κ1) is 20.9. The van der Waals surface area contributed by atoms with E-state index < -0.39 is 0 Å². The summed E-state index contributed by atoms with van der Waals surface area (Å²) in [4.78, 5) is 12.8. The topological polar surface area (TPSA) is 59.9 Å². The second-order valence-electron chi connectivity index (χ2n) is 6.88. The lowest BCUT2D eigenvalue weighted by atomic mass is 9.99. The van der Waals surface area contributed by atoms with Gasteiger partial charge in [-0.15, -0.1) is 0 Å². The molecule has 0 unspecified atom stereocenters. The zero-order valence-electron chi connectivity index (χ0n) is 16.8. The molecule has 0 bridgehead atoms. The molecular formula is C23H23BrN2O3. The van der Waals surface area contributed by atoms with E-state index in [1.165, 1.54) is 0 Å². The number of fused-ring (bicyclic) bond motifs is 1. The molecule has 0 atom stereocenters. The summed E-state index contributed by atoms with van der Waals surface area (Å²) in [5.74, 6) is 0.974. The van der Waals surface area contributed by atoms with E-state index in [1.807, 2.05) is 63.2 Å². The first-order valence-electron chi connectivity index (χ1n) is 9.26. The van der Waals surface area contributed by atoms with E-state index in [1.54, 1.807) is 19.4 Å². The Morgan fingerprint density at radius 3 is 2.66 bits per heavy atom. The fourth-order valence-electron chi connectivity index (χ4n) is 3.07. The van der Waals surface area contributed by atoms with Crippen LogP contribution in [-0.4, -0.2) is 25.3 Å². The van der Waals surface area contributed by atoms with E-state index in [4.69, 9.17) is 9.47 Å².